The van der Waals surface area contributed by atoms with Crippen molar-refractivity contribution in [2.24, 2.45) is 11.7 Å². The normalized spacial score (nSPS) is 18.8. The Kier molecular flexibility index (Phi) is 11.8. The number of aryl methyl sites for hydroxylation is 1. The minimum Gasteiger partial charge on any atom is -0.344 e. The highest BCUT2D eigenvalue weighted by atomic mass is 35.5. The number of likely N-dealkylation sites (tertiary alicyclic amines) is 1. The lowest BCUT2D eigenvalue weighted by Crippen LogP contribution is -2.60. The Bertz CT molecular complexity index is 1160. The van der Waals surface area contributed by atoms with Gasteiger partial charge in [-0.1, -0.05) is 67.4 Å². The summed E-state index contributed by atoms with van der Waals surface area (Å²) in [5.74, 6) is 0.315. The molecule has 0 spiro atoms. The number of hydrogen-bond acceptors (Lipinski definition) is 6. The molecule has 2 fully saturated rings. The molecule has 0 aromatic heterocycles. The van der Waals surface area contributed by atoms with Gasteiger partial charge in [0.15, 0.2) is 0 Å². The van der Waals surface area contributed by atoms with Gasteiger partial charge in [-0.05, 0) is 56.0 Å². The fourth-order valence-corrected chi connectivity index (χ4v) is 6.18. The molecule has 3 N–H and O–H groups in total. The average Bonchev–Trinajstić information content (AvgIpc) is 2.97. The van der Waals surface area contributed by atoms with Gasteiger partial charge in [-0.2, -0.15) is 0 Å². The molecule has 2 aliphatic rings. The summed E-state index contributed by atoms with van der Waals surface area (Å²) in [5, 5.41) is 8.80. The van der Waals surface area contributed by atoms with E-state index in [2.05, 4.69) is 41.1 Å². The van der Waals surface area contributed by atoms with Crippen LogP contribution >= 0.6 is 11.6 Å². The molecule has 0 saturated carbocycles. The SMILES string of the molecule is Cc1cccc([C@H](N)CC(=O)N[C@H](Cc2ccc(Cl)cc2)C(=O)N2CCC(N(CC(C)C)N3CCN(C)CC3)CC2)c1. The Hall–Kier alpha value is -2.49. The molecular formula is C33H49ClN6O2. The number of amides is 2. The third-order valence-electron chi connectivity index (χ3n) is 8.45. The monoisotopic (exact) mass is 596 g/mol. The summed E-state index contributed by atoms with van der Waals surface area (Å²) in [7, 11) is 2.18. The van der Waals surface area contributed by atoms with Crippen molar-refractivity contribution < 1.29 is 9.59 Å². The molecule has 2 saturated heterocycles. The highest BCUT2D eigenvalue weighted by Gasteiger charge is 2.34. The summed E-state index contributed by atoms with van der Waals surface area (Å²) in [6.07, 6.45) is 2.36. The van der Waals surface area contributed by atoms with Crippen LogP contribution in [0.2, 0.25) is 5.02 Å². The molecule has 4 rings (SSSR count). The molecule has 2 atom stereocenters. The Morgan fingerprint density at radius 1 is 1.02 bits per heavy atom. The molecule has 0 aliphatic carbocycles. The largest absolute Gasteiger partial charge is 0.344 e. The first-order valence-electron chi connectivity index (χ1n) is 15.4. The third kappa shape index (κ3) is 9.25. The predicted octanol–water partition coefficient (Wildman–Crippen LogP) is 3.88. The van der Waals surface area contributed by atoms with Crippen LogP contribution in [-0.4, -0.2) is 96.6 Å². The van der Waals surface area contributed by atoms with E-state index >= 15 is 0 Å². The molecule has 9 heteroatoms. The number of nitrogens with zero attached hydrogens (tertiary/aromatic N) is 4. The van der Waals surface area contributed by atoms with E-state index in [0.717, 1.165) is 62.3 Å². The van der Waals surface area contributed by atoms with Gasteiger partial charge in [-0.3, -0.25) is 9.59 Å². The average molecular weight is 597 g/mol. The number of hydrogen-bond donors (Lipinski definition) is 2. The number of piperidine rings is 1. The van der Waals surface area contributed by atoms with Crippen LogP contribution in [0.5, 0.6) is 0 Å². The van der Waals surface area contributed by atoms with Gasteiger partial charge in [-0.25, -0.2) is 10.0 Å². The summed E-state index contributed by atoms with van der Waals surface area (Å²) in [5.41, 5.74) is 9.36. The fraction of sp³-hybridized carbons (Fsp3) is 0.576. The van der Waals surface area contributed by atoms with Crippen LogP contribution in [0, 0.1) is 12.8 Å². The molecule has 2 aromatic carbocycles. The number of carbonyl (C=O) groups excluding carboxylic acids is 2. The van der Waals surface area contributed by atoms with E-state index in [1.54, 1.807) is 0 Å². The lowest BCUT2D eigenvalue weighted by atomic mass is 9.99. The van der Waals surface area contributed by atoms with Crippen molar-refractivity contribution >= 4 is 23.4 Å². The van der Waals surface area contributed by atoms with Gasteiger partial charge in [0.05, 0.1) is 0 Å². The van der Waals surface area contributed by atoms with Gasteiger partial charge in [0.1, 0.15) is 6.04 Å². The topological polar surface area (TPSA) is 85.1 Å². The Balaban J connectivity index is 1.41. The van der Waals surface area contributed by atoms with Crippen molar-refractivity contribution in [3.8, 4) is 0 Å². The van der Waals surface area contributed by atoms with Crippen LogP contribution in [0.25, 0.3) is 0 Å². The standard InChI is InChI=1S/C33H49ClN6O2/c1-24(2)23-40(39-18-16-37(4)17-19-39)29-12-14-38(15-13-29)33(42)31(21-26-8-10-28(34)11-9-26)36-32(41)22-30(35)27-7-5-6-25(3)20-27/h5-11,20,24,29-31H,12-19,21-23,35H2,1-4H3,(H,36,41)/t30-,31-/m1/s1. The van der Waals surface area contributed by atoms with Gasteiger partial charge in [-0.15, -0.1) is 0 Å². The van der Waals surface area contributed by atoms with Crippen LogP contribution in [-0.2, 0) is 16.0 Å². The summed E-state index contributed by atoms with van der Waals surface area (Å²) in [4.78, 5) is 31.4. The molecule has 42 heavy (non-hydrogen) atoms. The number of nitrogens with one attached hydrogen (secondary N) is 1. The van der Waals surface area contributed by atoms with E-state index in [1.165, 1.54) is 0 Å². The van der Waals surface area contributed by atoms with Crippen LogP contribution in [0.3, 0.4) is 0 Å². The van der Waals surface area contributed by atoms with Gasteiger partial charge in [0.25, 0.3) is 0 Å². The van der Waals surface area contributed by atoms with Gasteiger partial charge in [0, 0.05) is 75.8 Å². The first-order valence-corrected chi connectivity index (χ1v) is 15.8. The molecule has 2 aromatic rings. The zero-order valence-corrected chi connectivity index (χ0v) is 26.5. The third-order valence-corrected chi connectivity index (χ3v) is 8.71. The second-order valence-corrected chi connectivity index (χ2v) is 12.9. The molecule has 2 aliphatic heterocycles. The molecule has 0 unspecified atom stereocenters. The fourth-order valence-electron chi connectivity index (χ4n) is 6.05. The number of piperazine rings is 1. The van der Waals surface area contributed by atoms with Crippen molar-refractivity contribution in [2.45, 2.75) is 64.6 Å². The van der Waals surface area contributed by atoms with Crippen molar-refractivity contribution in [1.29, 1.82) is 0 Å². The minimum absolute atomic E-state index is 0.0316. The maximum atomic E-state index is 13.9. The number of carbonyl (C=O) groups is 2. The van der Waals surface area contributed by atoms with E-state index in [0.29, 0.717) is 36.5 Å². The van der Waals surface area contributed by atoms with E-state index in [4.69, 9.17) is 17.3 Å². The van der Waals surface area contributed by atoms with Crippen molar-refractivity contribution in [3.63, 3.8) is 0 Å². The molecular weight excluding hydrogens is 548 g/mol. The minimum atomic E-state index is -0.663. The summed E-state index contributed by atoms with van der Waals surface area (Å²) in [6.45, 7) is 13.2. The lowest BCUT2D eigenvalue weighted by Gasteiger charge is -2.47. The number of likely N-dealkylation sites (N-methyl/N-ethyl adjacent to an activating group) is 1. The first-order chi connectivity index (χ1) is 20.1. The van der Waals surface area contributed by atoms with Crippen LogP contribution in [0.15, 0.2) is 48.5 Å². The van der Waals surface area contributed by atoms with Crippen molar-refractivity contribution in [1.82, 2.24) is 25.1 Å². The highest BCUT2D eigenvalue weighted by Crippen LogP contribution is 2.23. The first kappa shape index (κ1) is 32.4. The quantitative estimate of drug-likeness (QED) is 0.410. The molecule has 230 valence electrons. The summed E-state index contributed by atoms with van der Waals surface area (Å²) < 4.78 is 0. The van der Waals surface area contributed by atoms with Crippen LogP contribution in [0.1, 0.15) is 55.8 Å². The summed E-state index contributed by atoms with van der Waals surface area (Å²) >= 11 is 6.11. The number of halogens is 1. The van der Waals surface area contributed by atoms with E-state index in [9.17, 15) is 9.59 Å². The molecule has 0 radical (unpaired) electrons. The number of nitrogens with two attached hydrogens (primary N) is 1. The highest BCUT2D eigenvalue weighted by molar-refractivity contribution is 6.30. The summed E-state index contributed by atoms with van der Waals surface area (Å²) in [6, 6.07) is 14.7. The smallest absolute Gasteiger partial charge is 0.245 e. The zero-order chi connectivity index (χ0) is 30.2. The number of hydrazine groups is 1. The second-order valence-electron chi connectivity index (χ2n) is 12.5. The number of rotatable bonds is 11. The van der Waals surface area contributed by atoms with Crippen LogP contribution in [0.4, 0.5) is 0 Å². The Morgan fingerprint density at radius 2 is 1.69 bits per heavy atom. The van der Waals surface area contributed by atoms with E-state index in [-0.39, 0.29) is 18.2 Å². The van der Waals surface area contributed by atoms with Gasteiger partial charge in [0.2, 0.25) is 11.8 Å². The molecule has 8 nitrogen and oxygen atoms in total. The van der Waals surface area contributed by atoms with E-state index in [1.807, 2.05) is 60.4 Å². The van der Waals surface area contributed by atoms with E-state index < -0.39 is 12.1 Å². The van der Waals surface area contributed by atoms with Crippen molar-refractivity contribution in [2.75, 3.05) is 52.9 Å². The zero-order valence-electron chi connectivity index (χ0n) is 25.8. The maximum Gasteiger partial charge on any atom is 0.245 e. The van der Waals surface area contributed by atoms with Crippen LogP contribution < -0.4 is 11.1 Å². The van der Waals surface area contributed by atoms with Gasteiger partial charge >= 0.3 is 0 Å². The Labute approximate surface area is 257 Å². The van der Waals surface area contributed by atoms with Crippen molar-refractivity contribution in [3.05, 3.63) is 70.2 Å². The lowest BCUT2D eigenvalue weighted by molar-refractivity contribution is -0.140. The van der Waals surface area contributed by atoms with Gasteiger partial charge < -0.3 is 20.9 Å². The molecule has 2 heterocycles. The molecule has 0 bridgehead atoms. The molecule has 2 amide bonds. The Morgan fingerprint density at radius 3 is 2.31 bits per heavy atom. The predicted molar refractivity (Wildman–Crippen MR) is 170 cm³/mol. The maximum absolute atomic E-state index is 13.9. The second kappa shape index (κ2) is 15.3. The number of benzene rings is 2.